The number of fused-ring (bicyclic) bond motifs is 2. The third kappa shape index (κ3) is 26.1. The van der Waals surface area contributed by atoms with Crippen LogP contribution in [0.3, 0.4) is 0 Å². The molecule has 8 rings (SSSR count). The van der Waals surface area contributed by atoms with Crippen LogP contribution in [0.2, 0.25) is 0 Å². The highest BCUT2D eigenvalue weighted by Gasteiger charge is 2.10. The highest BCUT2D eigenvalue weighted by Crippen LogP contribution is 2.20. The second kappa shape index (κ2) is 37.8. The van der Waals surface area contributed by atoms with Gasteiger partial charge in [0, 0.05) is 104 Å². The summed E-state index contributed by atoms with van der Waals surface area (Å²) in [4.78, 5) is 71.4. The molecule has 15 heteroatoms. The van der Waals surface area contributed by atoms with Crippen LogP contribution in [0.15, 0.2) is 168 Å². The van der Waals surface area contributed by atoms with E-state index in [1.165, 1.54) is 13.0 Å². The van der Waals surface area contributed by atoms with Crippen molar-refractivity contribution in [3.8, 4) is 23.7 Å². The van der Waals surface area contributed by atoms with Gasteiger partial charge in [-0.2, -0.15) is 0 Å². The average molecular weight is 1090 g/mol. The maximum atomic E-state index is 12.4. The molecular weight excluding hydrogens is 1010 g/mol. The molecular formula is C64H74ClN9O5. The Morgan fingerprint density at radius 1 is 0.658 bits per heavy atom. The van der Waals surface area contributed by atoms with E-state index >= 15 is 0 Å². The highest BCUT2D eigenvalue weighted by atomic mass is 35.5. The molecule has 4 aromatic heterocycles. The lowest BCUT2D eigenvalue weighted by atomic mass is 10.0. The van der Waals surface area contributed by atoms with Crippen LogP contribution in [0.1, 0.15) is 88.6 Å². The van der Waals surface area contributed by atoms with E-state index in [1.54, 1.807) is 24.5 Å². The van der Waals surface area contributed by atoms with E-state index in [9.17, 15) is 19.2 Å². The molecule has 1 amide bonds. The Morgan fingerprint density at radius 3 is 1.67 bits per heavy atom. The molecule has 0 bridgehead atoms. The molecule has 4 heterocycles. The van der Waals surface area contributed by atoms with Gasteiger partial charge in [-0.3, -0.25) is 14.4 Å². The van der Waals surface area contributed by atoms with Gasteiger partial charge in [-0.1, -0.05) is 87.3 Å². The minimum absolute atomic E-state index is 0. The summed E-state index contributed by atoms with van der Waals surface area (Å²) in [5.74, 6) is 8.99. The summed E-state index contributed by atoms with van der Waals surface area (Å²) in [5, 5.41) is 13.2. The standard InChI is InChI=1S/C27H23N3O2.C18H19N3O.C9H6O2.C8H17N3.2CH4.ClH/c31-24(13-11-22-15-17-28-27-25(22)16-18-29-27)12-9-21-7-4-8-23(19-21)30-26(32)14-10-20-5-2-1-3-6-20;19-15-3-1-2-13(12-15)4-6-16(22)7-5-14-8-10-20-18-17(14)9-11-21-18;10-9(11)7-6-8-4-2-1-3-5-8;1-4-9-8-10-6-5-7-11(2)3;;;/h1-8,15-19H,9,11-13H2,(H,28,29)(H,30,32);1-3,8-12H,4-7,19H2,(H,20,21);1-5H,(H,10,11);4-7H2,1-3H3;2*1H4;1H/i;;;;1D;;. The van der Waals surface area contributed by atoms with Gasteiger partial charge in [0.1, 0.15) is 22.9 Å². The van der Waals surface area contributed by atoms with Crippen molar-refractivity contribution < 1.29 is 25.7 Å². The first-order valence-electron chi connectivity index (χ1n) is 26.1. The number of aromatic nitrogens is 4. The number of carboxylic acids is 1. The summed E-state index contributed by atoms with van der Waals surface area (Å²) in [6, 6.07) is 44.2. The van der Waals surface area contributed by atoms with E-state index in [-0.39, 0.29) is 37.3 Å². The number of amides is 1. The van der Waals surface area contributed by atoms with Gasteiger partial charge < -0.3 is 31.0 Å². The summed E-state index contributed by atoms with van der Waals surface area (Å²) in [6.07, 6.45) is 13.3. The number of carbonyl (C=O) groups excluding carboxylic acids is 3. The number of halogens is 1. The van der Waals surface area contributed by atoms with Crippen molar-refractivity contribution in [2.75, 3.05) is 44.8 Å². The summed E-state index contributed by atoms with van der Waals surface area (Å²) in [7, 11) is 5.37. The fraction of sp³-hybridized carbons (Fsp3) is 0.266. The number of nitrogens with zero attached hydrogens (tertiary/aromatic N) is 5. The number of aryl methyl sites for hydroxylation is 4. The predicted octanol–water partition coefficient (Wildman–Crippen LogP) is 11.9. The fourth-order valence-electron chi connectivity index (χ4n) is 7.49. The second-order valence-electron chi connectivity index (χ2n) is 17.5. The molecule has 0 atom stereocenters. The molecule has 14 nitrogen and oxygen atoms in total. The van der Waals surface area contributed by atoms with Crippen molar-refractivity contribution in [3.05, 3.63) is 192 Å². The average Bonchev–Trinajstić information content (AvgIpc) is 4.17. The molecule has 0 aliphatic carbocycles. The molecule has 0 aliphatic rings. The highest BCUT2D eigenvalue weighted by molar-refractivity contribution is 6.04. The third-order valence-corrected chi connectivity index (χ3v) is 11.3. The number of carbonyl (C=O) groups is 4. The van der Waals surface area contributed by atoms with Crippen LogP contribution in [0.4, 0.5) is 11.4 Å². The zero-order valence-corrected chi connectivity index (χ0v) is 45.6. The lowest BCUT2D eigenvalue weighted by molar-refractivity contribution is -0.130. The Hall–Kier alpha value is -8.91. The molecule has 8 aromatic rings. The van der Waals surface area contributed by atoms with Gasteiger partial charge in [0.25, 0.3) is 0 Å². The lowest BCUT2D eigenvalue weighted by Gasteiger charge is -2.06. The lowest BCUT2D eigenvalue weighted by Crippen LogP contribution is -2.13. The first-order chi connectivity index (χ1) is 37.9. The first-order valence-corrected chi connectivity index (χ1v) is 25.1. The number of H-pyrrole nitrogens is 2. The van der Waals surface area contributed by atoms with Gasteiger partial charge in [0.15, 0.2) is 0 Å². The maximum Gasteiger partial charge on any atom is 0.382 e. The van der Waals surface area contributed by atoms with Crippen LogP contribution in [-0.2, 0) is 44.9 Å². The van der Waals surface area contributed by atoms with Crippen LogP contribution < -0.4 is 11.1 Å². The molecule has 0 aliphatic heterocycles. The van der Waals surface area contributed by atoms with Crippen molar-refractivity contribution in [1.82, 2.24) is 24.8 Å². The quantitative estimate of drug-likeness (QED) is 0.0239. The Balaban J connectivity index is 0.000000394. The number of ketones is 2. The van der Waals surface area contributed by atoms with E-state index in [0.29, 0.717) is 44.2 Å². The number of pyridine rings is 2. The van der Waals surface area contributed by atoms with Crippen LogP contribution in [0.25, 0.3) is 22.1 Å². The third-order valence-electron chi connectivity index (χ3n) is 11.3. The van der Waals surface area contributed by atoms with Crippen LogP contribution >= 0.6 is 12.4 Å². The first kappa shape index (κ1) is 64.4. The molecule has 4 aromatic carbocycles. The molecule has 0 saturated heterocycles. The summed E-state index contributed by atoms with van der Waals surface area (Å²) in [5.41, 5.74) is 14.8. The van der Waals surface area contributed by atoms with Gasteiger partial charge in [-0.05, 0) is 155 Å². The molecule has 0 saturated carbocycles. The SMILES string of the molecule is C.CCN=C=NCCCN(C)C.Cl.Nc1cccc(CCC(=O)CCc2ccnc3[nH]ccc23)c1.O=C(CCc1cccc(NC(=O)C#Cc2ccccc2)c1)CCc1ccnc2[nH]ccc12.O=C(O)C#Cc1ccccc1.[2H]C. The van der Waals surface area contributed by atoms with E-state index in [2.05, 4.69) is 78.0 Å². The maximum absolute atomic E-state index is 12.4. The zero-order chi connectivity index (χ0) is 56.2. The van der Waals surface area contributed by atoms with Crippen LogP contribution in [0.5, 0.6) is 0 Å². The molecule has 0 fully saturated rings. The molecule has 412 valence electrons. The number of aliphatic carboxylic acids is 1. The van der Waals surface area contributed by atoms with Crippen molar-refractivity contribution in [1.29, 1.82) is 0 Å². The van der Waals surface area contributed by atoms with E-state index in [4.69, 9.17) is 12.2 Å². The predicted molar refractivity (Wildman–Crippen MR) is 325 cm³/mol. The zero-order valence-electron chi connectivity index (χ0n) is 45.8. The van der Waals surface area contributed by atoms with Gasteiger partial charge in [-0.15, -0.1) is 12.4 Å². The molecule has 0 radical (unpaired) electrons. The number of hydrogen-bond acceptors (Lipinski definition) is 10. The number of carboxylic acid groups (broad SMARTS) is 1. The summed E-state index contributed by atoms with van der Waals surface area (Å²) < 4.78 is 5.75. The molecule has 0 spiro atoms. The van der Waals surface area contributed by atoms with Crippen LogP contribution in [-0.4, -0.2) is 93.1 Å². The van der Waals surface area contributed by atoms with E-state index < -0.39 is 5.97 Å². The molecule has 0 unspecified atom stereocenters. The van der Waals surface area contributed by atoms with Gasteiger partial charge in [0.05, 0.1) is 12.6 Å². The van der Waals surface area contributed by atoms with Gasteiger partial charge in [-0.25, -0.2) is 24.7 Å². The number of aliphatic imine (C=N–C) groups is 2. The van der Waals surface area contributed by atoms with E-state index in [0.717, 1.165) is 94.5 Å². The van der Waals surface area contributed by atoms with Gasteiger partial charge >= 0.3 is 11.9 Å². The normalized spacial score (nSPS) is 9.76. The largest absolute Gasteiger partial charge is 0.472 e. The Kier molecular flexibility index (Phi) is 30.8. The van der Waals surface area contributed by atoms with Crippen LogP contribution in [0, 0.1) is 23.7 Å². The van der Waals surface area contributed by atoms with Gasteiger partial charge in [0.2, 0.25) is 0 Å². The molecule has 6 N–H and O–H groups in total. The monoisotopic (exact) mass is 1080 g/mol. The number of anilines is 2. The van der Waals surface area contributed by atoms with E-state index in [1.807, 2.05) is 147 Å². The number of nitrogens with one attached hydrogen (secondary N) is 3. The smallest absolute Gasteiger partial charge is 0.382 e. The number of aromatic amines is 2. The number of hydrogen-bond donors (Lipinski definition) is 5. The minimum atomic E-state index is -1.10. The number of benzene rings is 4. The van der Waals surface area contributed by atoms with Crippen molar-refractivity contribution >= 4 is 75.3 Å². The number of rotatable bonds is 18. The second-order valence-corrected chi connectivity index (χ2v) is 17.5. The van der Waals surface area contributed by atoms with Crippen molar-refractivity contribution in [2.45, 2.75) is 79.5 Å². The number of Topliss-reactive ketones (excluding diaryl/α,β-unsaturated/α-hetero) is 2. The number of nitrogens with two attached hydrogens (primary N) is 1. The minimum Gasteiger partial charge on any atom is -0.472 e. The number of nitrogen functional groups attached to an aromatic ring is 1. The fourth-order valence-corrected chi connectivity index (χ4v) is 7.49. The topological polar surface area (TPSA) is 212 Å². The van der Waals surface area contributed by atoms with Crippen molar-refractivity contribution in [2.24, 2.45) is 9.98 Å². The Morgan fingerprint density at radius 2 is 1.16 bits per heavy atom. The summed E-state index contributed by atoms with van der Waals surface area (Å²) >= 11 is 0. The Labute approximate surface area is 473 Å². The van der Waals surface area contributed by atoms with Crippen molar-refractivity contribution in [3.63, 3.8) is 0 Å². The molecule has 79 heavy (non-hydrogen) atoms. The summed E-state index contributed by atoms with van der Waals surface area (Å²) in [6.45, 7) is 4.67. The Bertz CT molecular complexity index is 3310.